The molecule has 0 fully saturated rings. The molecule has 0 bridgehead atoms. The quantitative estimate of drug-likeness (QED) is 0.593. The highest BCUT2D eigenvalue weighted by molar-refractivity contribution is 5.95. The van der Waals surface area contributed by atoms with Gasteiger partial charge in [0.05, 0.1) is 18.7 Å². The van der Waals surface area contributed by atoms with E-state index in [0.29, 0.717) is 18.5 Å². The van der Waals surface area contributed by atoms with Gasteiger partial charge >= 0.3 is 0 Å². The third-order valence-electron chi connectivity index (χ3n) is 3.97. The van der Waals surface area contributed by atoms with Gasteiger partial charge in [-0.05, 0) is 55.3 Å². The number of rotatable bonds is 7. The number of aryl methyl sites for hydroxylation is 1. The number of carbonyl (C=O) groups is 1. The highest BCUT2D eigenvalue weighted by Gasteiger charge is 2.07. The summed E-state index contributed by atoms with van der Waals surface area (Å²) in [5.41, 5.74) is 5.76. The molecule has 0 saturated carbocycles. The second kappa shape index (κ2) is 9.23. The number of nitrogens with zero attached hydrogens (tertiary/aromatic N) is 3. The molecule has 2 aromatic carbocycles. The van der Waals surface area contributed by atoms with Crippen LogP contribution in [0.15, 0.2) is 47.6 Å². The summed E-state index contributed by atoms with van der Waals surface area (Å²) in [6.45, 7) is 5.55. The fraction of sp³-hybridized carbons (Fsp3) is 0.250. The number of hydrazone groups is 1. The van der Waals surface area contributed by atoms with E-state index < -0.39 is 0 Å². The van der Waals surface area contributed by atoms with Crippen LogP contribution in [-0.4, -0.2) is 30.3 Å². The Morgan fingerprint density at radius 1 is 1.35 bits per heavy atom. The van der Waals surface area contributed by atoms with Crippen LogP contribution in [0.3, 0.4) is 0 Å². The van der Waals surface area contributed by atoms with E-state index in [1.54, 1.807) is 18.3 Å². The molecule has 0 radical (unpaired) electrons. The summed E-state index contributed by atoms with van der Waals surface area (Å²) in [7, 11) is 0. The number of amides is 1. The summed E-state index contributed by atoms with van der Waals surface area (Å²) < 4.78 is 0. The molecule has 0 aromatic heterocycles. The predicted molar refractivity (Wildman–Crippen MR) is 102 cm³/mol. The maximum atomic E-state index is 12.0. The van der Waals surface area contributed by atoms with Gasteiger partial charge in [-0.2, -0.15) is 10.4 Å². The Kier molecular flexibility index (Phi) is 6.75. The molecular formula is C20H22N4O2. The molecule has 2 aromatic rings. The number of phenolic OH excluding ortho intramolecular Hbond substituents is 1. The molecule has 0 aliphatic heterocycles. The predicted octanol–water partition coefficient (Wildman–Crippen LogP) is 3.20. The van der Waals surface area contributed by atoms with E-state index in [4.69, 9.17) is 5.26 Å². The lowest BCUT2D eigenvalue weighted by Crippen LogP contribution is -2.23. The van der Waals surface area contributed by atoms with Crippen molar-refractivity contribution in [2.24, 2.45) is 5.10 Å². The molecule has 2 rings (SSSR count). The standard InChI is InChI=1S/C20H22N4O2/c1-3-24(11-5-10-21)18-9-8-17(15(2)12-18)14-22-23-20(26)16-6-4-7-19(25)13-16/h4,6-9,12-14,25H,3,5,11H2,1-2H3,(H,23,26)/b22-14-. The summed E-state index contributed by atoms with van der Waals surface area (Å²) >= 11 is 0. The Hall–Kier alpha value is -3.33. The summed E-state index contributed by atoms with van der Waals surface area (Å²) in [6.07, 6.45) is 2.07. The third kappa shape index (κ3) is 5.08. The first-order valence-electron chi connectivity index (χ1n) is 8.40. The van der Waals surface area contributed by atoms with Crippen LogP contribution < -0.4 is 10.3 Å². The van der Waals surface area contributed by atoms with Crippen molar-refractivity contribution < 1.29 is 9.90 Å². The minimum absolute atomic E-state index is 0.0324. The van der Waals surface area contributed by atoms with Crippen LogP contribution >= 0.6 is 0 Å². The Labute approximate surface area is 153 Å². The van der Waals surface area contributed by atoms with Gasteiger partial charge in [0.2, 0.25) is 0 Å². The summed E-state index contributed by atoms with van der Waals surface area (Å²) in [6, 6.07) is 14.2. The van der Waals surface area contributed by atoms with Crippen LogP contribution in [0.25, 0.3) is 0 Å². The van der Waals surface area contributed by atoms with Crippen LogP contribution in [0.4, 0.5) is 5.69 Å². The maximum absolute atomic E-state index is 12.0. The van der Waals surface area contributed by atoms with Crippen molar-refractivity contribution in [3.05, 3.63) is 59.2 Å². The highest BCUT2D eigenvalue weighted by Crippen LogP contribution is 2.18. The van der Waals surface area contributed by atoms with E-state index >= 15 is 0 Å². The highest BCUT2D eigenvalue weighted by atomic mass is 16.3. The number of hydrogen-bond donors (Lipinski definition) is 2. The minimum Gasteiger partial charge on any atom is -0.508 e. The minimum atomic E-state index is -0.389. The van der Waals surface area contributed by atoms with E-state index in [2.05, 4.69) is 28.4 Å². The van der Waals surface area contributed by atoms with Gasteiger partial charge in [-0.1, -0.05) is 12.1 Å². The van der Waals surface area contributed by atoms with Crippen molar-refractivity contribution in [1.29, 1.82) is 5.26 Å². The fourth-order valence-electron chi connectivity index (χ4n) is 2.53. The van der Waals surface area contributed by atoms with E-state index in [9.17, 15) is 9.90 Å². The van der Waals surface area contributed by atoms with Gasteiger partial charge in [0.25, 0.3) is 5.91 Å². The molecular weight excluding hydrogens is 328 g/mol. The van der Waals surface area contributed by atoms with Crippen LogP contribution in [0.5, 0.6) is 5.75 Å². The molecule has 0 spiro atoms. The van der Waals surface area contributed by atoms with Crippen molar-refractivity contribution in [2.45, 2.75) is 20.3 Å². The first-order chi connectivity index (χ1) is 12.5. The van der Waals surface area contributed by atoms with Crippen molar-refractivity contribution in [2.75, 3.05) is 18.0 Å². The molecule has 2 N–H and O–H groups in total. The van der Waals surface area contributed by atoms with Crippen LogP contribution in [0.1, 0.15) is 34.8 Å². The van der Waals surface area contributed by atoms with Gasteiger partial charge in [0.1, 0.15) is 5.75 Å². The van der Waals surface area contributed by atoms with Crippen LogP contribution in [0.2, 0.25) is 0 Å². The Bertz CT molecular complexity index is 840. The molecule has 0 aliphatic rings. The van der Waals surface area contributed by atoms with E-state index in [0.717, 1.165) is 23.4 Å². The number of nitrogens with one attached hydrogen (secondary N) is 1. The molecule has 0 saturated heterocycles. The number of benzene rings is 2. The number of hydrogen-bond acceptors (Lipinski definition) is 5. The topological polar surface area (TPSA) is 88.7 Å². The van der Waals surface area contributed by atoms with Gasteiger partial charge in [0, 0.05) is 24.3 Å². The van der Waals surface area contributed by atoms with Crippen molar-refractivity contribution >= 4 is 17.8 Å². The molecule has 6 nitrogen and oxygen atoms in total. The van der Waals surface area contributed by atoms with Gasteiger partial charge in [-0.3, -0.25) is 4.79 Å². The van der Waals surface area contributed by atoms with Gasteiger partial charge in [-0.15, -0.1) is 0 Å². The molecule has 26 heavy (non-hydrogen) atoms. The van der Waals surface area contributed by atoms with Gasteiger partial charge < -0.3 is 10.0 Å². The molecule has 6 heteroatoms. The Morgan fingerprint density at radius 2 is 2.15 bits per heavy atom. The zero-order chi connectivity index (χ0) is 18.9. The zero-order valence-electron chi connectivity index (χ0n) is 14.9. The van der Waals surface area contributed by atoms with Crippen molar-refractivity contribution in [3.63, 3.8) is 0 Å². The average Bonchev–Trinajstić information content (AvgIpc) is 2.64. The summed E-state index contributed by atoms with van der Waals surface area (Å²) in [4.78, 5) is 14.1. The molecule has 0 atom stereocenters. The molecule has 0 aliphatic carbocycles. The second-order valence-electron chi connectivity index (χ2n) is 5.78. The number of carbonyl (C=O) groups excluding carboxylic acids is 1. The lowest BCUT2D eigenvalue weighted by Gasteiger charge is -2.22. The first-order valence-corrected chi connectivity index (χ1v) is 8.40. The van der Waals surface area contributed by atoms with Crippen molar-refractivity contribution in [1.82, 2.24) is 5.43 Å². The SMILES string of the molecule is CCN(CCC#N)c1ccc(/C=N\NC(=O)c2cccc(O)c2)c(C)c1. The largest absolute Gasteiger partial charge is 0.508 e. The fourth-order valence-corrected chi connectivity index (χ4v) is 2.53. The molecule has 134 valence electrons. The van der Waals surface area contributed by atoms with Crippen LogP contribution in [0, 0.1) is 18.3 Å². The lowest BCUT2D eigenvalue weighted by atomic mass is 10.1. The van der Waals surface area contributed by atoms with Gasteiger partial charge in [0.15, 0.2) is 0 Å². The number of phenols is 1. The van der Waals surface area contributed by atoms with Crippen molar-refractivity contribution in [3.8, 4) is 11.8 Å². The monoisotopic (exact) mass is 350 g/mol. The number of anilines is 1. The zero-order valence-corrected chi connectivity index (χ0v) is 14.9. The number of nitriles is 1. The smallest absolute Gasteiger partial charge is 0.271 e. The Balaban J connectivity index is 2.04. The van der Waals surface area contributed by atoms with Crippen LogP contribution in [-0.2, 0) is 0 Å². The third-order valence-corrected chi connectivity index (χ3v) is 3.97. The Morgan fingerprint density at radius 3 is 2.81 bits per heavy atom. The first kappa shape index (κ1) is 19.0. The normalized spacial score (nSPS) is 10.5. The lowest BCUT2D eigenvalue weighted by molar-refractivity contribution is 0.0954. The molecule has 0 heterocycles. The number of aromatic hydroxyl groups is 1. The average molecular weight is 350 g/mol. The summed E-state index contributed by atoms with van der Waals surface area (Å²) in [5, 5.41) is 22.1. The van der Waals surface area contributed by atoms with E-state index in [1.807, 2.05) is 25.1 Å². The molecule has 1 amide bonds. The van der Waals surface area contributed by atoms with E-state index in [1.165, 1.54) is 12.1 Å². The van der Waals surface area contributed by atoms with Gasteiger partial charge in [-0.25, -0.2) is 5.43 Å². The maximum Gasteiger partial charge on any atom is 0.271 e. The second-order valence-corrected chi connectivity index (χ2v) is 5.78. The summed E-state index contributed by atoms with van der Waals surface area (Å²) in [5.74, 6) is -0.356. The van der Waals surface area contributed by atoms with E-state index in [-0.39, 0.29) is 11.7 Å². The molecule has 0 unspecified atom stereocenters.